The van der Waals surface area contributed by atoms with Crippen LogP contribution in [-0.2, 0) is 0 Å². The summed E-state index contributed by atoms with van der Waals surface area (Å²) in [6, 6.07) is 4.04. The lowest BCUT2D eigenvalue weighted by Crippen LogP contribution is -2.27. The normalized spacial score (nSPS) is 12.4. The molecule has 2 aromatic rings. The van der Waals surface area contributed by atoms with Crippen LogP contribution in [0.15, 0.2) is 12.1 Å². The number of carbonyl (C=O) groups excluding carboxylic acids is 1. The number of hydrogen-bond acceptors (Lipinski definition) is 4. The maximum atomic E-state index is 11.8. The maximum Gasteiger partial charge on any atom is 0.291 e. The van der Waals surface area contributed by atoms with Crippen molar-refractivity contribution in [3.05, 3.63) is 33.5 Å². The van der Waals surface area contributed by atoms with E-state index in [1.165, 1.54) is 4.88 Å². The molecule has 2 aromatic heterocycles. The number of aromatic nitrogens is 3. The van der Waals surface area contributed by atoms with E-state index >= 15 is 0 Å². The van der Waals surface area contributed by atoms with Gasteiger partial charge in [0, 0.05) is 9.75 Å². The van der Waals surface area contributed by atoms with Crippen LogP contribution in [0.5, 0.6) is 0 Å². The summed E-state index contributed by atoms with van der Waals surface area (Å²) >= 11 is 1.67. The molecule has 2 heterocycles. The van der Waals surface area contributed by atoms with E-state index in [0.29, 0.717) is 5.82 Å². The minimum atomic E-state index is -0.257. The number of thiophene rings is 1. The third-order valence-electron chi connectivity index (χ3n) is 2.34. The zero-order valence-electron chi connectivity index (χ0n) is 9.94. The Balaban J connectivity index is 2.04. The summed E-state index contributed by atoms with van der Waals surface area (Å²) in [5, 5.41) is 9.34. The fourth-order valence-corrected chi connectivity index (χ4v) is 2.34. The molecule has 2 N–H and O–H groups in total. The zero-order valence-corrected chi connectivity index (χ0v) is 10.8. The predicted octanol–water partition coefficient (Wildman–Crippen LogP) is 1.97. The number of amides is 1. The average Bonchev–Trinajstić information content (AvgIpc) is 2.87. The lowest BCUT2D eigenvalue weighted by molar-refractivity contribution is 0.0930. The molecule has 0 aromatic carbocycles. The molecule has 0 saturated heterocycles. The molecule has 0 aliphatic carbocycles. The zero-order chi connectivity index (χ0) is 12.4. The monoisotopic (exact) mass is 250 g/mol. The SMILES string of the molecule is Cc1nc(C(=O)NC(C)c2ccc(C)s2)n[nH]1. The number of nitrogens with one attached hydrogen (secondary N) is 2. The minimum absolute atomic E-state index is 0.0278. The Hall–Kier alpha value is -1.69. The van der Waals surface area contributed by atoms with Gasteiger partial charge in [-0.25, -0.2) is 4.98 Å². The molecule has 1 unspecified atom stereocenters. The smallest absolute Gasteiger partial charge is 0.291 e. The second-order valence-corrected chi connectivity index (χ2v) is 5.21. The highest BCUT2D eigenvalue weighted by Gasteiger charge is 2.15. The van der Waals surface area contributed by atoms with Crippen LogP contribution < -0.4 is 5.32 Å². The fraction of sp³-hybridized carbons (Fsp3) is 0.364. The van der Waals surface area contributed by atoms with Gasteiger partial charge in [-0.2, -0.15) is 0 Å². The highest BCUT2D eigenvalue weighted by molar-refractivity contribution is 7.12. The number of aryl methyl sites for hydroxylation is 2. The summed E-state index contributed by atoms with van der Waals surface area (Å²) in [7, 11) is 0. The topological polar surface area (TPSA) is 70.7 Å². The molecule has 0 radical (unpaired) electrons. The van der Waals surface area contributed by atoms with Gasteiger partial charge in [-0.15, -0.1) is 16.4 Å². The Bertz CT molecular complexity index is 531. The van der Waals surface area contributed by atoms with Crippen molar-refractivity contribution < 1.29 is 4.79 Å². The van der Waals surface area contributed by atoms with Gasteiger partial charge in [0.1, 0.15) is 5.82 Å². The van der Waals surface area contributed by atoms with Crippen LogP contribution in [0.1, 0.15) is 39.2 Å². The fourth-order valence-electron chi connectivity index (χ4n) is 1.46. The molecule has 0 spiro atoms. The van der Waals surface area contributed by atoms with Gasteiger partial charge in [0.05, 0.1) is 6.04 Å². The number of aromatic amines is 1. The second-order valence-electron chi connectivity index (χ2n) is 3.89. The first-order valence-corrected chi connectivity index (χ1v) is 6.14. The van der Waals surface area contributed by atoms with Gasteiger partial charge in [0.15, 0.2) is 0 Å². The second kappa shape index (κ2) is 4.67. The van der Waals surface area contributed by atoms with Crippen molar-refractivity contribution in [2.45, 2.75) is 26.8 Å². The van der Waals surface area contributed by atoms with Crippen LogP contribution in [0, 0.1) is 13.8 Å². The molecular formula is C11H14N4OS. The van der Waals surface area contributed by atoms with Crippen molar-refractivity contribution in [1.29, 1.82) is 0 Å². The first kappa shape index (κ1) is 11.8. The molecule has 0 bridgehead atoms. The summed E-state index contributed by atoms with van der Waals surface area (Å²) in [5.41, 5.74) is 0. The third kappa shape index (κ3) is 2.71. The van der Waals surface area contributed by atoms with Crippen molar-refractivity contribution >= 4 is 17.2 Å². The highest BCUT2D eigenvalue weighted by Crippen LogP contribution is 2.22. The Morgan fingerprint density at radius 2 is 2.24 bits per heavy atom. The number of H-pyrrole nitrogens is 1. The largest absolute Gasteiger partial charge is 0.342 e. The molecule has 17 heavy (non-hydrogen) atoms. The van der Waals surface area contributed by atoms with E-state index in [1.807, 2.05) is 26.0 Å². The molecule has 2 rings (SSSR count). The molecule has 0 saturated carbocycles. The first-order chi connectivity index (χ1) is 8.06. The lowest BCUT2D eigenvalue weighted by atomic mass is 10.2. The average molecular weight is 250 g/mol. The van der Waals surface area contributed by atoms with Gasteiger partial charge < -0.3 is 5.32 Å². The molecule has 6 heteroatoms. The summed E-state index contributed by atoms with van der Waals surface area (Å²) in [6.07, 6.45) is 0. The van der Waals surface area contributed by atoms with E-state index < -0.39 is 0 Å². The van der Waals surface area contributed by atoms with Gasteiger partial charge >= 0.3 is 0 Å². The summed E-state index contributed by atoms with van der Waals surface area (Å²) in [5.74, 6) is 0.560. The van der Waals surface area contributed by atoms with Gasteiger partial charge in [-0.1, -0.05) is 0 Å². The molecule has 1 atom stereocenters. The third-order valence-corrected chi connectivity index (χ3v) is 3.52. The maximum absolute atomic E-state index is 11.8. The van der Waals surface area contributed by atoms with Gasteiger partial charge in [-0.05, 0) is 32.9 Å². The number of hydrogen-bond donors (Lipinski definition) is 2. The van der Waals surface area contributed by atoms with E-state index in [0.717, 1.165) is 4.88 Å². The van der Waals surface area contributed by atoms with Crippen molar-refractivity contribution in [2.75, 3.05) is 0 Å². The number of rotatable bonds is 3. The Morgan fingerprint density at radius 3 is 2.76 bits per heavy atom. The molecule has 90 valence electrons. The Labute approximate surface area is 103 Å². The predicted molar refractivity (Wildman–Crippen MR) is 66.1 cm³/mol. The van der Waals surface area contributed by atoms with Crippen LogP contribution in [0.4, 0.5) is 0 Å². The number of nitrogens with zero attached hydrogens (tertiary/aromatic N) is 2. The van der Waals surface area contributed by atoms with Crippen molar-refractivity contribution in [1.82, 2.24) is 20.5 Å². The molecular weight excluding hydrogens is 236 g/mol. The Kier molecular flexibility index (Phi) is 3.23. The van der Waals surface area contributed by atoms with Crippen molar-refractivity contribution in [2.24, 2.45) is 0 Å². The Morgan fingerprint density at radius 1 is 1.47 bits per heavy atom. The van der Waals surface area contributed by atoms with E-state index in [1.54, 1.807) is 18.3 Å². The molecule has 0 aliphatic rings. The summed E-state index contributed by atoms with van der Waals surface area (Å²) in [6.45, 7) is 5.75. The van der Waals surface area contributed by atoms with Crippen molar-refractivity contribution in [3.8, 4) is 0 Å². The van der Waals surface area contributed by atoms with Crippen LogP contribution >= 0.6 is 11.3 Å². The van der Waals surface area contributed by atoms with E-state index in [-0.39, 0.29) is 17.8 Å². The van der Waals surface area contributed by atoms with Gasteiger partial charge in [0.25, 0.3) is 5.91 Å². The van der Waals surface area contributed by atoms with E-state index in [4.69, 9.17) is 0 Å². The quantitative estimate of drug-likeness (QED) is 0.875. The molecule has 0 fully saturated rings. The minimum Gasteiger partial charge on any atom is -0.342 e. The van der Waals surface area contributed by atoms with Gasteiger partial charge in [0.2, 0.25) is 5.82 Å². The van der Waals surface area contributed by atoms with Crippen LogP contribution in [-0.4, -0.2) is 21.1 Å². The summed E-state index contributed by atoms with van der Waals surface area (Å²) in [4.78, 5) is 18.1. The van der Waals surface area contributed by atoms with Crippen LogP contribution in [0.2, 0.25) is 0 Å². The summed E-state index contributed by atoms with van der Waals surface area (Å²) < 4.78 is 0. The van der Waals surface area contributed by atoms with E-state index in [2.05, 4.69) is 20.5 Å². The standard InChI is InChI=1S/C11H14N4OS/c1-6-4-5-9(17-6)7(2)12-11(16)10-13-8(3)14-15-10/h4-5,7H,1-3H3,(H,12,16)(H,13,14,15). The van der Waals surface area contributed by atoms with Crippen molar-refractivity contribution in [3.63, 3.8) is 0 Å². The first-order valence-electron chi connectivity index (χ1n) is 5.32. The lowest BCUT2D eigenvalue weighted by Gasteiger charge is -2.10. The number of carbonyl (C=O) groups is 1. The van der Waals surface area contributed by atoms with Gasteiger partial charge in [-0.3, -0.25) is 9.89 Å². The highest BCUT2D eigenvalue weighted by atomic mass is 32.1. The molecule has 5 nitrogen and oxygen atoms in total. The van der Waals surface area contributed by atoms with Crippen LogP contribution in [0.3, 0.4) is 0 Å². The molecule has 0 aliphatic heterocycles. The van der Waals surface area contributed by atoms with Crippen LogP contribution in [0.25, 0.3) is 0 Å². The van der Waals surface area contributed by atoms with E-state index in [9.17, 15) is 4.79 Å². The molecule has 1 amide bonds.